The minimum Gasteiger partial charge on any atom is -0.466 e. The van der Waals surface area contributed by atoms with Crippen molar-refractivity contribution in [3.05, 3.63) is 90.0 Å². The first-order valence-corrected chi connectivity index (χ1v) is 12.7. The highest BCUT2D eigenvalue weighted by Gasteiger charge is 2.17. The van der Waals surface area contributed by atoms with Crippen LogP contribution in [-0.2, 0) is 9.53 Å². The van der Waals surface area contributed by atoms with Crippen molar-refractivity contribution in [2.24, 2.45) is 5.92 Å². The number of rotatable bonds is 11. The van der Waals surface area contributed by atoms with Gasteiger partial charge in [0.25, 0.3) is 5.91 Å². The van der Waals surface area contributed by atoms with Crippen molar-refractivity contribution in [1.29, 1.82) is 0 Å². The maximum absolute atomic E-state index is 12.4. The molecule has 0 saturated heterocycles. The molecule has 38 heavy (non-hydrogen) atoms. The number of benzene rings is 3. The predicted molar refractivity (Wildman–Crippen MR) is 146 cm³/mol. The first kappa shape index (κ1) is 26.6. The minimum atomic E-state index is -0.323. The Morgan fingerprint density at radius 3 is 2.11 bits per heavy atom. The molecule has 4 rings (SSSR count). The van der Waals surface area contributed by atoms with E-state index in [0.29, 0.717) is 29.9 Å². The molecule has 0 aliphatic carbocycles. The summed E-state index contributed by atoms with van der Waals surface area (Å²) in [4.78, 5) is 23.9. The van der Waals surface area contributed by atoms with Gasteiger partial charge in [-0.3, -0.25) is 9.59 Å². The van der Waals surface area contributed by atoms with E-state index < -0.39 is 0 Å². The monoisotopic (exact) mass is 512 g/mol. The molecule has 0 fully saturated rings. The maximum Gasteiger partial charge on any atom is 0.307 e. The van der Waals surface area contributed by atoms with Gasteiger partial charge in [-0.1, -0.05) is 44.2 Å². The number of anilines is 1. The molecule has 8 heteroatoms. The summed E-state index contributed by atoms with van der Waals surface area (Å²) in [5.74, 6) is 0.701. The predicted octanol–water partition coefficient (Wildman–Crippen LogP) is 5.90. The third-order valence-electron chi connectivity index (χ3n) is 6.02. The summed E-state index contributed by atoms with van der Waals surface area (Å²) in [7, 11) is 0. The third kappa shape index (κ3) is 6.85. The zero-order valence-corrected chi connectivity index (χ0v) is 21.8. The Morgan fingerprint density at radius 2 is 1.50 bits per heavy atom. The standard InChI is InChI=1S/C30H32N4O4/c1-4-37-26(35)18-19-31-28(36)22-12-10-21(11-13-22)27(20(2)3)32-25-16-14-24(15-17-25)30-34-33-29(38-30)23-8-6-5-7-9-23/h5-17,20,27,32H,4,18-19H2,1-3H3,(H,31,36). The second-order valence-electron chi connectivity index (χ2n) is 9.15. The quantitative estimate of drug-likeness (QED) is 0.241. The number of amides is 1. The van der Waals surface area contributed by atoms with E-state index in [9.17, 15) is 9.59 Å². The number of nitrogens with zero attached hydrogens (tertiary/aromatic N) is 2. The van der Waals surface area contributed by atoms with Gasteiger partial charge in [-0.05, 0) is 66.9 Å². The number of carbonyl (C=O) groups excluding carboxylic acids is 2. The van der Waals surface area contributed by atoms with Crippen molar-refractivity contribution in [3.63, 3.8) is 0 Å². The van der Waals surface area contributed by atoms with Gasteiger partial charge in [0.2, 0.25) is 11.8 Å². The van der Waals surface area contributed by atoms with Gasteiger partial charge in [-0.2, -0.15) is 0 Å². The van der Waals surface area contributed by atoms with Crippen molar-refractivity contribution in [2.45, 2.75) is 33.2 Å². The van der Waals surface area contributed by atoms with Gasteiger partial charge in [0.05, 0.1) is 19.1 Å². The Kier molecular flexibility index (Phi) is 8.87. The Hall–Kier alpha value is -4.46. The van der Waals surface area contributed by atoms with E-state index >= 15 is 0 Å². The summed E-state index contributed by atoms with van der Waals surface area (Å²) < 4.78 is 10.7. The lowest BCUT2D eigenvalue weighted by atomic mass is 9.94. The van der Waals surface area contributed by atoms with E-state index in [-0.39, 0.29) is 30.9 Å². The minimum absolute atomic E-state index is 0.0369. The Morgan fingerprint density at radius 1 is 0.868 bits per heavy atom. The SMILES string of the molecule is CCOC(=O)CCNC(=O)c1ccc(C(Nc2ccc(-c3nnc(-c4ccccc4)o3)cc2)C(C)C)cc1. The molecule has 3 aromatic carbocycles. The van der Waals surface area contributed by atoms with E-state index in [1.54, 1.807) is 19.1 Å². The highest BCUT2D eigenvalue weighted by molar-refractivity contribution is 5.94. The lowest BCUT2D eigenvalue weighted by Crippen LogP contribution is -2.26. The number of carbonyl (C=O) groups is 2. The Bertz CT molecular complexity index is 1330. The molecule has 8 nitrogen and oxygen atoms in total. The van der Waals surface area contributed by atoms with Gasteiger partial charge >= 0.3 is 5.97 Å². The molecule has 1 aromatic heterocycles. The molecule has 2 N–H and O–H groups in total. The van der Waals surface area contributed by atoms with E-state index in [1.165, 1.54) is 0 Å². The molecule has 0 saturated carbocycles. The van der Waals surface area contributed by atoms with Gasteiger partial charge in [-0.15, -0.1) is 10.2 Å². The largest absolute Gasteiger partial charge is 0.466 e. The first-order valence-electron chi connectivity index (χ1n) is 12.7. The second-order valence-corrected chi connectivity index (χ2v) is 9.15. The van der Waals surface area contributed by atoms with Crippen LogP contribution in [0.3, 0.4) is 0 Å². The molecule has 1 amide bonds. The van der Waals surface area contributed by atoms with Crippen LogP contribution >= 0.6 is 0 Å². The van der Waals surface area contributed by atoms with Crippen LogP contribution in [0.4, 0.5) is 5.69 Å². The van der Waals surface area contributed by atoms with Crippen molar-refractivity contribution in [2.75, 3.05) is 18.5 Å². The van der Waals surface area contributed by atoms with Crippen molar-refractivity contribution in [1.82, 2.24) is 15.5 Å². The molecular formula is C30H32N4O4. The molecule has 1 atom stereocenters. The number of hydrogen-bond donors (Lipinski definition) is 2. The molecule has 0 aliphatic rings. The highest BCUT2D eigenvalue weighted by atomic mass is 16.5. The van der Waals surface area contributed by atoms with Crippen LogP contribution in [0.1, 0.15) is 49.2 Å². The molecule has 196 valence electrons. The zero-order valence-electron chi connectivity index (χ0n) is 21.8. The lowest BCUT2D eigenvalue weighted by molar-refractivity contribution is -0.142. The topological polar surface area (TPSA) is 106 Å². The van der Waals surface area contributed by atoms with Crippen LogP contribution < -0.4 is 10.6 Å². The third-order valence-corrected chi connectivity index (χ3v) is 6.02. The second kappa shape index (κ2) is 12.7. The normalized spacial score (nSPS) is 11.7. The number of ether oxygens (including phenoxy) is 1. The van der Waals surface area contributed by atoms with Crippen LogP contribution in [0.5, 0.6) is 0 Å². The van der Waals surface area contributed by atoms with E-state index in [2.05, 4.69) is 34.7 Å². The van der Waals surface area contributed by atoms with Crippen LogP contribution in [-0.4, -0.2) is 35.2 Å². The number of esters is 1. The fourth-order valence-corrected chi connectivity index (χ4v) is 4.02. The summed E-state index contributed by atoms with van der Waals surface area (Å²) in [5, 5.41) is 14.7. The van der Waals surface area contributed by atoms with Crippen LogP contribution in [0.2, 0.25) is 0 Å². The molecule has 1 heterocycles. The van der Waals surface area contributed by atoms with Crippen LogP contribution in [0.15, 0.2) is 83.3 Å². The van der Waals surface area contributed by atoms with E-state index in [1.807, 2.05) is 66.7 Å². The van der Waals surface area contributed by atoms with Crippen LogP contribution in [0.25, 0.3) is 22.9 Å². The zero-order chi connectivity index (χ0) is 26.9. The molecule has 0 bridgehead atoms. The van der Waals surface area contributed by atoms with Crippen molar-refractivity contribution in [3.8, 4) is 22.9 Å². The lowest BCUT2D eigenvalue weighted by Gasteiger charge is -2.24. The number of nitrogens with one attached hydrogen (secondary N) is 2. The summed E-state index contributed by atoms with van der Waals surface area (Å²) in [6.45, 7) is 6.61. The average molecular weight is 513 g/mol. The van der Waals surface area contributed by atoms with Gasteiger partial charge in [0.15, 0.2) is 0 Å². The molecular weight excluding hydrogens is 480 g/mol. The van der Waals surface area contributed by atoms with Crippen molar-refractivity contribution < 1.29 is 18.7 Å². The van der Waals surface area contributed by atoms with Crippen molar-refractivity contribution >= 4 is 17.6 Å². The first-order chi connectivity index (χ1) is 18.4. The van der Waals surface area contributed by atoms with Gasteiger partial charge in [-0.25, -0.2) is 0 Å². The highest BCUT2D eigenvalue weighted by Crippen LogP contribution is 2.29. The van der Waals surface area contributed by atoms with Gasteiger partial charge in [0, 0.05) is 28.9 Å². The Balaban J connectivity index is 1.38. The fraction of sp³-hybridized carbons (Fsp3) is 0.267. The van der Waals surface area contributed by atoms with Gasteiger partial charge in [0.1, 0.15) is 0 Å². The number of hydrogen-bond acceptors (Lipinski definition) is 7. The summed E-state index contributed by atoms with van der Waals surface area (Å²) in [6, 6.07) is 25.1. The van der Waals surface area contributed by atoms with Gasteiger partial charge < -0.3 is 19.8 Å². The average Bonchev–Trinajstić information content (AvgIpc) is 3.43. The summed E-state index contributed by atoms with van der Waals surface area (Å²) >= 11 is 0. The molecule has 0 aliphatic heterocycles. The van der Waals surface area contributed by atoms with Crippen LogP contribution in [0, 0.1) is 5.92 Å². The number of aromatic nitrogens is 2. The summed E-state index contributed by atoms with van der Waals surface area (Å²) in [6.07, 6.45) is 0.149. The molecule has 4 aromatic rings. The maximum atomic E-state index is 12.4. The van der Waals surface area contributed by atoms with E-state index in [0.717, 1.165) is 22.4 Å². The van der Waals surface area contributed by atoms with E-state index in [4.69, 9.17) is 9.15 Å². The molecule has 0 radical (unpaired) electrons. The molecule has 1 unspecified atom stereocenters. The summed E-state index contributed by atoms with van der Waals surface area (Å²) in [5.41, 5.74) is 4.28. The Labute approximate surface area is 222 Å². The fourth-order valence-electron chi connectivity index (χ4n) is 4.02. The molecule has 0 spiro atoms. The smallest absolute Gasteiger partial charge is 0.307 e.